The van der Waals surface area contributed by atoms with Gasteiger partial charge in [0, 0.05) is 37.1 Å². The van der Waals surface area contributed by atoms with Crippen LogP contribution in [0.4, 0.5) is 0 Å². The molecule has 0 aliphatic carbocycles. The van der Waals surface area contributed by atoms with E-state index in [1.165, 1.54) is 5.69 Å². The zero-order valence-corrected chi connectivity index (χ0v) is 13.4. The van der Waals surface area contributed by atoms with Gasteiger partial charge in [0.25, 0.3) is 0 Å². The highest BCUT2D eigenvalue weighted by molar-refractivity contribution is 5.60. The van der Waals surface area contributed by atoms with Gasteiger partial charge in [-0.2, -0.15) is 10.2 Å². The number of benzene rings is 1. The second-order valence-electron chi connectivity index (χ2n) is 5.25. The summed E-state index contributed by atoms with van der Waals surface area (Å²) in [6, 6.07) is 12.0. The first-order valence-corrected chi connectivity index (χ1v) is 7.70. The fourth-order valence-corrected chi connectivity index (χ4v) is 2.48. The van der Waals surface area contributed by atoms with Crippen molar-refractivity contribution in [1.82, 2.24) is 25.3 Å². The number of hydrogen-bond acceptors (Lipinski definition) is 4. The predicted molar refractivity (Wildman–Crippen MR) is 89.0 cm³/mol. The lowest BCUT2D eigenvalue weighted by atomic mass is 10.1. The Morgan fingerprint density at radius 1 is 1.17 bits per heavy atom. The summed E-state index contributed by atoms with van der Waals surface area (Å²) in [6.45, 7) is 4.49. The molecule has 6 nitrogen and oxygen atoms in total. The average molecular weight is 311 g/mol. The predicted octanol–water partition coefficient (Wildman–Crippen LogP) is 2.59. The maximum absolute atomic E-state index is 5.17. The van der Waals surface area contributed by atoms with E-state index in [2.05, 4.69) is 33.6 Å². The third-order valence-electron chi connectivity index (χ3n) is 3.74. The molecule has 0 spiro atoms. The quantitative estimate of drug-likeness (QED) is 0.704. The number of aromatic nitrogens is 4. The molecule has 2 heterocycles. The first-order chi connectivity index (χ1) is 11.3. The number of rotatable bonds is 7. The van der Waals surface area contributed by atoms with Crippen LogP contribution in [0.5, 0.6) is 5.75 Å². The van der Waals surface area contributed by atoms with E-state index in [9.17, 15) is 0 Å². The second kappa shape index (κ2) is 7.11. The molecule has 0 bridgehead atoms. The van der Waals surface area contributed by atoms with E-state index in [-0.39, 0.29) is 0 Å². The van der Waals surface area contributed by atoms with Gasteiger partial charge in [0.15, 0.2) is 0 Å². The van der Waals surface area contributed by atoms with E-state index in [1.807, 2.05) is 41.2 Å². The highest BCUT2D eigenvalue weighted by atomic mass is 16.5. The van der Waals surface area contributed by atoms with Gasteiger partial charge < -0.3 is 10.1 Å². The van der Waals surface area contributed by atoms with Gasteiger partial charge in [-0.15, -0.1) is 0 Å². The molecule has 0 aliphatic rings. The Morgan fingerprint density at radius 3 is 2.74 bits per heavy atom. The lowest BCUT2D eigenvalue weighted by molar-refractivity contribution is 0.415. The zero-order chi connectivity index (χ0) is 16.1. The van der Waals surface area contributed by atoms with E-state index in [1.54, 1.807) is 7.11 Å². The smallest absolute Gasteiger partial charge is 0.118 e. The van der Waals surface area contributed by atoms with Crippen molar-refractivity contribution >= 4 is 0 Å². The van der Waals surface area contributed by atoms with E-state index >= 15 is 0 Å². The van der Waals surface area contributed by atoms with Gasteiger partial charge in [-0.3, -0.25) is 9.78 Å². The molecule has 0 amide bonds. The topological polar surface area (TPSA) is 67.8 Å². The fourth-order valence-electron chi connectivity index (χ4n) is 2.48. The summed E-state index contributed by atoms with van der Waals surface area (Å²) in [6.07, 6.45) is 1.83. The summed E-state index contributed by atoms with van der Waals surface area (Å²) < 4.78 is 7.16. The number of ether oxygens (including phenoxy) is 1. The third-order valence-corrected chi connectivity index (χ3v) is 3.74. The Balaban J connectivity index is 1.58. The first-order valence-electron chi connectivity index (χ1n) is 7.70. The molecule has 120 valence electrons. The van der Waals surface area contributed by atoms with Crippen molar-refractivity contribution in [2.45, 2.75) is 26.6 Å². The Labute approximate surface area is 135 Å². The molecular weight excluding hydrogens is 290 g/mol. The maximum atomic E-state index is 5.17. The van der Waals surface area contributed by atoms with Crippen LogP contribution >= 0.6 is 0 Å². The average Bonchev–Trinajstić information content (AvgIpc) is 3.24. The van der Waals surface area contributed by atoms with E-state index in [0.29, 0.717) is 0 Å². The van der Waals surface area contributed by atoms with Gasteiger partial charge in [-0.25, -0.2) is 0 Å². The molecule has 0 atom stereocenters. The van der Waals surface area contributed by atoms with Crippen molar-refractivity contribution in [3.63, 3.8) is 0 Å². The van der Waals surface area contributed by atoms with Gasteiger partial charge in [-0.05, 0) is 43.3 Å². The third kappa shape index (κ3) is 3.60. The van der Waals surface area contributed by atoms with Crippen molar-refractivity contribution in [3.8, 4) is 17.0 Å². The van der Waals surface area contributed by atoms with E-state index in [0.717, 1.165) is 42.3 Å². The fraction of sp³-hybridized carbons (Fsp3) is 0.294. The molecular formula is C17H21N5O. The molecule has 2 N–H and O–H groups in total. The normalized spacial score (nSPS) is 10.9. The lowest BCUT2D eigenvalue weighted by Crippen LogP contribution is -2.16. The van der Waals surface area contributed by atoms with Gasteiger partial charge >= 0.3 is 0 Å². The van der Waals surface area contributed by atoms with E-state index < -0.39 is 0 Å². The lowest BCUT2D eigenvalue weighted by Gasteiger charge is -2.05. The van der Waals surface area contributed by atoms with Gasteiger partial charge in [-0.1, -0.05) is 0 Å². The van der Waals surface area contributed by atoms with Crippen molar-refractivity contribution in [1.29, 1.82) is 0 Å². The molecule has 0 fully saturated rings. The maximum Gasteiger partial charge on any atom is 0.118 e. The van der Waals surface area contributed by atoms with Crippen molar-refractivity contribution < 1.29 is 4.74 Å². The summed E-state index contributed by atoms with van der Waals surface area (Å²) in [5.41, 5.74) is 4.24. The molecule has 1 aromatic carbocycles. The first kappa shape index (κ1) is 15.3. The molecule has 0 saturated carbocycles. The number of nitrogens with zero attached hydrogens (tertiary/aromatic N) is 3. The molecule has 23 heavy (non-hydrogen) atoms. The Morgan fingerprint density at radius 2 is 2.00 bits per heavy atom. The highest BCUT2D eigenvalue weighted by Gasteiger charge is 2.05. The SMILES string of the molecule is CCn1nccc1CNCc1cc(-c2ccc(OC)cc2)n[nH]1. The standard InChI is InChI=1S/C17H21N5O/c1-3-22-15(8-9-19-22)12-18-11-14-10-17(21-20-14)13-4-6-16(23-2)7-5-13/h4-10,18H,3,11-12H2,1-2H3,(H,20,21). The molecule has 6 heteroatoms. The van der Waals surface area contributed by atoms with Gasteiger partial charge in [0.1, 0.15) is 5.75 Å². The van der Waals surface area contributed by atoms with Crippen LogP contribution in [0.15, 0.2) is 42.6 Å². The molecule has 3 rings (SSSR count). The summed E-state index contributed by atoms with van der Waals surface area (Å²) in [7, 11) is 1.66. The number of methoxy groups -OCH3 is 1. The van der Waals surface area contributed by atoms with Crippen LogP contribution in [0.25, 0.3) is 11.3 Å². The van der Waals surface area contributed by atoms with Crippen LogP contribution in [0, 0.1) is 0 Å². The highest BCUT2D eigenvalue weighted by Crippen LogP contribution is 2.21. The number of aryl methyl sites for hydroxylation is 1. The molecule has 2 aromatic heterocycles. The van der Waals surface area contributed by atoms with Crippen LogP contribution in [-0.4, -0.2) is 27.1 Å². The molecule has 3 aromatic rings. The Bertz CT molecular complexity index is 744. The number of nitrogens with one attached hydrogen (secondary N) is 2. The number of H-pyrrole nitrogens is 1. The summed E-state index contributed by atoms with van der Waals surface area (Å²) in [5.74, 6) is 0.846. The van der Waals surface area contributed by atoms with Crippen LogP contribution in [0.2, 0.25) is 0 Å². The zero-order valence-electron chi connectivity index (χ0n) is 13.4. The second-order valence-corrected chi connectivity index (χ2v) is 5.25. The molecule has 0 unspecified atom stereocenters. The van der Waals surface area contributed by atoms with Crippen LogP contribution in [0.1, 0.15) is 18.3 Å². The van der Waals surface area contributed by atoms with Crippen LogP contribution in [0.3, 0.4) is 0 Å². The Hall–Kier alpha value is -2.60. The van der Waals surface area contributed by atoms with Crippen molar-refractivity contribution in [2.75, 3.05) is 7.11 Å². The minimum atomic E-state index is 0.734. The van der Waals surface area contributed by atoms with Gasteiger partial charge in [0.05, 0.1) is 18.5 Å². The summed E-state index contributed by atoms with van der Waals surface area (Å²) in [5, 5.41) is 15.1. The monoisotopic (exact) mass is 311 g/mol. The number of hydrogen-bond donors (Lipinski definition) is 2. The summed E-state index contributed by atoms with van der Waals surface area (Å²) >= 11 is 0. The Kier molecular flexibility index (Phi) is 4.73. The summed E-state index contributed by atoms with van der Waals surface area (Å²) in [4.78, 5) is 0. The minimum Gasteiger partial charge on any atom is -0.497 e. The van der Waals surface area contributed by atoms with Crippen LogP contribution < -0.4 is 10.1 Å². The largest absolute Gasteiger partial charge is 0.497 e. The van der Waals surface area contributed by atoms with Crippen molar-refractivity contribution in [2.24, 2.45) is 0 Å². The minimum absolute atomic E-state index is 0.734. The van der Waals surface area contributed by atoms with Crippen molar-refractivity contribution in [3.05, 3.63) is 54.0 Å². The van der Waals surface area contributed by atoms with Crippen LogP contribution in [-0.2, 0) is 19.6 Å². The van der Waals surface area contributed by atoms with Gasteiger partial charge in [0.2, 0.25) is 0 Å². The molecule has 0 aliphatic heterocycles. The molecule has 0 radical (unpaired) electrons. The molecule has 0 saturated heterocycles. The van der Waals surface area contributed by atoms with E-state index in [4.69, 9.17) is 4.74 Å². The number of aromatic amines is 1.